The van der Waals surface area contributed by atoms with E-state index in [1.807, 2.05) is 38.1 Å². The Morgan fingerprint density at radius 1 is 1.15 bits per heavy atom. The molecule has 1 aromatic carbocycles. The van der Waals surface area contributed by atoms with Crippen molar-refractivity contribution >= 4 is 28.6 Å². The Balaban J connectivity index is 1.75. The van der Waals surface area contributed by atoms with Gasteiger partial charge < -0.3 is 9.30 Å². The molecule has 9 heteroatoms. The van der Waals surface area contributed by atoms with Crippen molar-refractivity contribution in [3.63, 3.8) is 0 Å². The van der Waals surface area contributed by atoms with Crippen molar-refractivity contribution in [3.8, 4) is 0 Å². The summed E-state index contributed by atoms with van der Waals surface area (Å²) in [5.41, 5.74) is 4.39. The lowest BCUT2D eigenvalue weighted by atomic mass is 9.69. The van der Waals surface area contributed by atoms with Crippen LogP contribution in [-0.4, -0.2) is 38.8 Å². The van der Waals surface area contributed by atoms with Crippen molar-refractivity contribution in [2.75, 3.05) is 6.61 Å². The first-order chi connectivity index (χ1) is 19.6. The molecule has 9 nitrogen and oxygen atoms in total. The number of nitrogens with one attached hydrogen (secondary N) is 1. The number of hydrazine groups is 1. The van der Waals surface area contributed by atoms with Crippen LogP contribution < -0.4 is 11.0 Å². The number of rotatable bonds is 7. The molecular weight excluding hydrogens is 520 g/mol. The number of fused-ring (bicyclic) bond motifs is 1. The molecule has 2 aromatic heterocycles. The number of esters is 1. The molecule has 3 heterocycles. The minimum atomic E-state index is -0.977. The average molecular weight is 553 g/mol. The third-order valence-electron chi connectivity index (χ3n) is 7.38. The number of ether oxygens (including phenoxy) is 1. The number of hydrogen-bond donors (Lipinski definition) is 1. The molecule has 0 radical (unpaired) electrons. The number of nitrogens with zero attached hydrogens (tertiary/aromatic N) is 3. The van der Waals surface area contributed by atoms with Crippen molar-refractivity contribution < 1.29 is 19.1 Å². The molecule has 5 rings (SSSR count). The van der Waals surface area contributed by atoms with Gasteiger partial charge in [-0.1, -0.05) is 38.1 Å². The van der Waals surface area contributed by atoms with E-state index in [0.717, 1.165) is 10.9 Å². The van der Waals surface area contributed by atoms with Gasteiger partial charge in [-0.2, -0.15) is 0 Å². The van der Waals surface area contributed by atoms with Crippen LogP contribution >= 0.6 is 0 Å². The Morgan fingerprint density at radius 3 is 2.59 bits per heavy atom. The molecule has 0 spiro atoms. The molecule has 0 saturated heterocycles. The van der Waals surface area contributed by atoms with Crippen molar-refractivity contribution in [1.29, 1.82) is 0 Å². The van der Waals surface area contributed by atoms with Crippen LogP contribution in [0.25, 0.3) is 10.9 Å². The maximum atomic E-state index is 14.1. The molecule has 2 aliphatic rings. The summed E-state index contributed by atoms with van der Waals surface area (Å²) in [6, 6.07) is 12.3. The summed E-state index contributed by atoms with van der Waals surface area (Å²) in [7, 11) is 0. The predicted octanol–water partition coefficient (Wildman–Crippen LogP) is 4.42. The van der Waals surface area contributed by atoms with E-state index in [0.29, 0.717) is 23.3 Å². The predicted molar refractivity (Wildman–Crippen MR) is 154 cm³/mol. The van der Waals surface area contributed by atoms with E-state index in [-0.39, 0.29) is 42.1 Å². The van der Waals surface area contributed by atoms with E-state index in [4.69, 9.17) is 4.74 Å². The minimum Gasteiger partial charge on any atom is -0.463 e. The van der Waals surface area contributed by atoms with Crippen LogP contribution in [0.1, 0.15) is 55.5 Å². The maximum absolute atomic E-state index is 14.1. The van der Waals surface area contributed by atoms with Gasteiger partial charge in [-0.25, -0.2) is 4.79 Å². The second kappa shape index (κ2) is 11.0. The number of ketones is 1. The van der Waals surface area contributed by atoms with Crippen molar-refractivity contribution in [2.24, 2.45) is 5.41 Å². The highest BCUT2D eigenvalue weighted by Gasteiger charge is 2.45. The Morgan fingerprint density at radius 2 is 1.88 bits per heavy atom. The molecule has 210 valence electrons. The molecule has 1 aliphatic heterocycles. The summed E-state index contributed by atoms with van der Waals surface area (Å²) >= 11 is 0. The molecule has 0 bridgehead atoms. The zero-order valence-corrected chi connectivity index (χ0v) is 23.3. The van der Waals surface area contributed by atoms with Gasteiger partial charge in [-0.15, -0.1) is 6.58 Å². The summed E-state index contributed by atoms with van der Waals surface area (Å²) < 4.78 is 7.01. The third kappa shape index (κ3) is 5.23. The summed E-state index contributed by atoms with van der Waals surface area (Å²) in [5, 5.41) is 2.23. The van der Waals surface area contributed by atoms with Gasteiger partial charge in [0.1, 0.15) is 0 Å². The van der Waals surface area contributed by atoms with Crippen LogP contribution in [-0.2, 0) is 20.9 Å². The fourth-order valence-corrected chi connectivity index (χ4v) is 5.64. The zero-order valence-electron chi connectivity index (χ0n) is 23.3. The molecule has 1 amide bonds. The normalized spacial score (nSPS) is 18.0. The van der Waals surface area contributed by atoms with E-state index in [2.05, 4.69) is 17.0 Å². The van der Waals surface area contributed by atoms with E-state index in [1.54, 1.807) is 35.8 Å². The molecule has 0 saturated carbocycles. The highest BCUT2D eigenvalue weighted by molar-refractivity contribution is 6.04. The summed E-state index contributed by atoms with van der Waals surface area (Å²) in [5.74, 6) is -2.28. The van der Waals surface area contributed by atoms with Gasteiger partial charge in [-0.05, 0) is 48.4 Å². The second-order valence-electron chi connectivity index (χ2n) is 10.9. The van der Waals surface area contributed by atoms with Gasteiger partial charge >= 0.3 is 5.97 Å². The van der Waals surface area contributed by atoms with E-state index in [1.165, 1.54) is 23.6 Å². The number of hydrogen-bond acceptors (Lipinski definition) is 7. The van der Waals surface area contributed by atoms with E-state index in [9.17, 15) is 19.2 Å². The number of Topliss-reactive ketones (excluding diaryl/α,β-unsaturated/α-hetero) is 1. The van der Waals surface area contributed by atoms with Gasteiger partial charge in [0.15, 0.2) is 5.78 Å². The van der Waals surface area contributed by atoms with Crippen LogP contribution in [0, 0.1) is 5.41 Å². The number of carbonyl (C=O) groups is 3. The summed E-state index contributed by atoms with van der Waals surface area (Å²) in [6.07, 6.45) is 6.79. The molecule has 3 aromatic rings. The van der Waals surface area contributed by atoms with E-state index < -0.39 is 23.2 Å². The van der Waals surface area contributed by atoms with Gasteiger partial charge in [0, 0.05) is 54.0 Å². The molecule has 1 unspecified atom stereocenters. The van der Waals surface area contributed by atoms with Gasteiger partial charge in [-0.3, -0.25) is 29.8 Å². The molecular formula is C32H32N4O5. The number of benzene rings is 1. The van der Waals surface area contributed by atoms with Gasteiger partial charge in [0.2, 0.25) is 0 Å². The van der Waals surface area contributed by atoms with Crippen LogP contribution in [0.3, 0.4) is 0 Å². The van der Waals surface area contributed by atoms with Crippen LogP contribution in [0.4, 0.5) is 0 Å². The summed E-state index contributed by atoms with van der Waals surface area (Å²) in [6.45, 7) is 9.79. The number of carbonyl (C=O) groups excluding carboxylic acids is 3. The van der Waals surface area contributed by atoms with Gasteiger partial charge in [0.05, 0.1) is 23.6 Å². The standard InChI is InChI=1S/C32H32N4O5/c1-5-15-35-24-10-8-7-9-21(24)16-22(30(35)39)27-23(31(40)41-6-2)19-36(34-29(38)20-11-13-33-14-12-20)25-17-32(3,4)18-26(37)28(25)27/h5,7-14,16,19,27H,1,6,15,17-18H2,2-4H3,(H,34,38). The Kier molecular flexibility index (Phi) is 7.45. The number of amides is 1. The molecule has 41 heavy (non-hydrogen) atoms. The third-order valence-corrected chi connectivity index (χ3v) is 7.38. The SMILES string of the molecule is C=CCn1c(=O)c(C2C(C(=O)OCC)=CN(NC(=O)c3ccncc3)C3=C2C(=O)CC(C)(C)C3)cc2ccccc21. The minimum absolute atomic E-state index is 0.0891. The molecule has 0 fully saturated rings. The smallest absolute Gasteiger partial charge is 0.336 e. The monoisotopic (exact) mass is 552 g/mol. The highest BCUT2D eigenvalue weighted by Crippen LogP contribution is 2.47. The number of para-hydroxylation sites is 1. The second-order valence-corrected chi connectivity index (χ2v) is 10.9. The van der Waals surface area contributed by atoms with Crippen LogP contribution in [0.5, 0.6) is 0 Å². The quantitative estimate of drug-likeness (QED) is 0.341. The highest BCUT2D eigenvalue weighted by atomic mass is 16.5. The van der Waals surface area contributed by atoms with Crippen LogP contribution in [0.15, 0.2) is 95.4 Å². The van der Waals surface area contributed by atoms with Crippen molar-refractivity contribution in [2.45, 2.75) is 46.1 Å². The number of allylic oxidation sites excluding steroid dienone is 3. The maximum Gasteiger partial charge on any atom is 0.336 e. The Bertz CT molecular complexity index is 1680. The first-order valence-corrected chi connectivity index (χ1v) is 13.5. The van der Waals surface area contributed by atoms with E-state index >= 15 is 0 Å². The number of pyridine rings is 2. The number of aromatic nitrogens is 2. The fraction of sp³-hybridized carbons (Fsp3) is 0.281. The Hall–Kier alpha value is -4.79. The largest absolute Gasteiger partial charge is 0.463 e. The average Bonchev–Trinajstić information content (AvgIpc) is 2.94. The van der Waals surface area contributed by atoms with Gasteiger partial charge in [0.25, 0.3) is 11.5 Å². The van der Waals surface area contributed by atoms with Crippen molar-refractivity contribution in [3.05, 3.63) is 112 Å². The lowest BCUT2D eigenvalue weighted by Crippen LogP contribution is -2.46. The molecule has 1 atom stereocenters. The van der Waals surface area contributed by atoms with Crippen LogP contribution in [0.2, 0.25) is 0 Å². The summed E-state index contributed by atoms with van der Waals surface area (Å²) in [4.78, 5) is 58.6. The lowest BCUT2D eigenvalue weighted by molar-refractivity contribution is -0.138. The van der Waals surface area contributed by atoms with Crippen molar-refractivity contribution in [1.82, 2.24) is 20.0 Å². The lowest BCUT2D eigenvalue weighted by Gasteiger charge is -2.42. The fourth-order valence-electron chi connectivity index (χ4n) is 5.64. The molecule has 1 N–H and O–H groups in total. The first-order valence-electron chi connectivity index (χ1n) is 13.5. The molecule has 1 aliphatic carbocycles. The first kappa shape index (κ1) is 27.8. The zero-order chi connectivity index (χ0) is 29.3. The topological polar surface area (TPSA) is 111 Å². The Labute approximate surface area is 237 Å².